The number of aromatic nitrogens is 2. The highest BCUT2D eigenvalue weighted by Gasteiger charge is 2.10. The fourth-order valence-corrected chi connectivity index (χ4v) is 1.82. The van der Waals surface area contributed by atoms with Gasteiger partial charge in [0, 0.05) is 24.5 Å². The van der Waals surface area contributed by atoms with Crippen molar-refractivity contribution in [2.24, 2.45) is 0 Å². The number of carbonyl (C=O) groups excluding carboxylic acids is 1. The van der Waals surface area contributed by atoms with E-state index in [2.05, 4.69) is 20.6 Å². The predicted molar refractivity (Wildman–Crippen MR) is 80.1 cm³/mol. The minimum Gasteiger partial charge on any atom is -0.373 e. The van der Waals surface area contributed by atoms with Gasteiger partial charge in [-0.2, -0.15) is 0 Å². The molecule has 0 aliphatic rings. The molecule has 0 aromatic carbocycles. The number of nitrogens with zero attached hydrogens (tertiary/aromatic N) is 2. The van der Waals surface area contributed by atoms with Crippen LogP contribution < -0.4 is 10.6 Å². The molecule has 0 bridgehead atoms. The number of hydrogen-bond acceptors (Lipinski definition) is 4. The molecule has 2 heterocycles. The normalized spacial score (nSPS) is 10.2. The number of rotatable bonds is 4. The Bertz CT molecular complexity index is 603. The summed E-state index contributed by atoms with van der Waals surface area (Å²) in [5.74, 6) is 0.534. The molecule has 0 atom stereocenters. The van der Waals surface area contributed by atoms with Gasteiger partial charge in [0.05, 0.1) is 11.9 Å². The van der Waals surface area contributed by atoms with Gasteiger partial charge in [-0.25, -0.2) is 4.98 Å². The number of amides is 1. The van der Waals surface area contributed by atoms with Gasteiger partial charge in [-0.3, -0.25) is 9.78 Å². The van der Waals surface area contributed by atoms with Crippen molar-refractivity contribution < 1.29 is 4.79 Å². The Labute approximate surface area is 118 Å². The van der Waals surface area contributed by atoms with Crippen molar-refractivity contribution in [2.75, 3.05) is 17.7 Å². The lowest BCUT2D eigenvalue weighted by molar-refractivity contribution is 0.102. The average Bonchev–Trinajstić information content (AvgIpc) is 2.48. The van der Waals surface area contributed by atoms with Gasteiger partial charge < -0.3 is 10.6 Å². The van der Waals surface area contributed by atoms with Crippen molar-refractivity contribution in [2.45, 2.75) is 20.3 Å². The van der Waals surface area contributed by atoms with Gasteiger partial charge in [0.2, 0.25) is 0 Å². The number of nitrogens with one attached hydrogen (secondary N) is 2. The second-order valence-corrected chi connectivity index (χ2v) is 4.48. The summed E-state index contributed by atoms with van der Waals surface area (Å²) in [7, 11) is 1.79. The third kappa shape index (κ3) is 3.12. The van der Waals surface area contributed by atoms with Crippen molar-refractivity contribution in [3.8, 4) is 0 Å². The van der Waals surface area contributed by atoms with Crippen LogP contribution in [-0.2, 0) is 6.42 Å². The summed E-state index contributed by atoms with van der Waals surface area (Å²) < 4.78 is 0. The topological polar surface area (TPSA) is 66.9 Å². The lowest BCUT2D eigenvalue weighted by Crippen LogP contribution is -2.14. The summed E-state index contributed by atoms with van der Waals surface area (Å²) in [4.78, 5) is 20.7. The quantitative estimate of drug-likeness (QED) is 0.896. The number of anilines is 2. The Balaban J connectivity index is 2.27. The molecule has 104 valence electrons. The van der Waals surface area contributed by atoms with E-state index >= 15 is 0 Å². The van der Waals surface area contributed by atoms with E-state index in [0.717, 1.165) is 23.4 Å². The zero-order chi connectivity index (χ0) is 14.5. The molecule has 5 nitrogen and oxygen atoms in total. The van der Waals surface area contributed by atoms with Crippen molar-refractivity contribution >= 4 is 17.4 Å². The Kier molecular flexibility index (Phi) is 4.30. The van der Waals surface area contributed by atoms with Crippen LogP contribution >= 0.6 is 0 Å². The number of pyridine rings is 2. The second kappa shape index (κ2) is 6.14. The second-order valence-electron chi connectivity index (χ2n) is 4.48. The molecule has 0 aliphatic heterocycles. The first-order valence-electron chi connectivity index (χ1n) is 6.54. The minimum atomic E-state index is -0.158. The first-order valence-corrected chi connectivity index (χ1v) is 6.54. The Morgan fingerprint density at radius 3 is 2.80 bits per heavy atom. The van der Waals surface area contributed by atoms with E-state index in [9.17, 15) is 4.79 Å². The fraction of sp³-hybridized carbons (Fsp3) is 0.267. The zero-order valence-corrected chi connectivity index (χ0v) is 11.9. The summed E-state index contributed by atoms with van der Waals surface area (Å²) in [5, 5.41) is 5.84. The van der Waals surface area contributed by atoms with Crippen LogP contribution in [0.4, 0.5) is 11.5 Å². The van der Waals surface area contributed by atoms with Crippen LogP contribution in [0.25, 0.3) is 0 Å². The van der Waals surface area contributed by atoms with E-state index < -0.39 is 0 Å². The van der Waals surface area contributed by atoms with E-state index in [0.29, 0.717) is 11.4 Å². The molecule has 0 fully saturated rings. The summed E-state index contributed by atoms with van der Waals surface area (Å²) >= 11 is 0. The Morgan fingerprint density at radius 1 is 1.35 bits per heavy atom. The molecule has 20 heavy (non-hydrogen) atoms. The third-order valence-electron chi connectivity index (χ3n) is 3.05. The van der Waals surface area contributed by atoms with E-state index in [1.807, 2.05) is 26.0 Å². The molecule has 0 radical (unpaired) electrons. The van der Waals surface area contributed by atoms with Crippen molar-refractivity contribution in [1.82, 2.24) is 9.97 Å². The fourth-order valence-electron chi connectivity index (χ4n) is 1.82. The highest BCUT2D eigenvalue weighted by atomic mass is 16.1. The summed E-state index contributed by atoms with van der Waals surface area (Å²) in [6.07, 6.45) is 4.13. The monoisotopic (exact) mass is 270 g/mol. The van der Waals surface area contributed by atoms with Crippen molar-refractivity contribution in [3.05, 3.63) is 47.4 Å². The van der Waals surface area contributed by atoms with Gasteiger partial charge in [-0.1, -0.05) is 6.92 Å². The van der Waals surface area contributed by atoms with Crippen LogP contribution in [0.1, 0.15) is 28.5 Å². The summed E-state index contributed by atoms with van der Waals surface area (Å²) in [5.41, 5.74) is 3.17. The van der Waals surface area contributed by atoms with E-state index in [4.69, 9.17) is 0 Å². The maximum absolute atomic E-state index is 12.3. The molecule has 2 aromatic heterocycles. The largest absolute Gasteiger partial charge is 0.373 e. The van der Waals surface area contributed by atoms with Gasteiger partial charge in [0.1, 0.15) is 5.82 Å². The van der Waals surface area contributed by atoms with Crippen molar-refractivity contribution in [3.63, 3.8) is 0 Å². The van der Waals surface area contributed by atoms with Gasteiger partial charge in [-0.15, -0.1) is 0 Å². The third-order valence-corrected chi connectivity index (χ3v) is 3.05. The molecule has 0 aliphatic carbocycles. The molecular formula is C15H18N4O. The number of carbonyl (C=O) groups is 1. The highest BCUT2D eigenvalue weighted by molar-refractivity contribution is 6.05. The first kappa shape index (κ1) is 14.0. The van der Waals surface area contributed by atoms with E-state index in [1.54, 1.807) is 25.5 Å². The SMILES string of the molecule is CCc1cc(C(=O)Nc2cnccc2C)cc(NC)n1. The molecule has 0 saturated carbocycles. The highest BCUT2D eigenvalue weighted by Crippen LogP contribution is 2.15. The van der Waals surface area contributed by atoms with Gasteiger partial charge >= 0.3 is 0 Å². The molecule has 1 amide bonds. The average molecular weight is 270 g/mol. The van der Waals surface area contributed by atoms with Crippen molar-refractivity contribution in [1.29, 1.82) is 0 Å². The van der Waals surface area contributed by atoms with Crippen LogP contribution in [-0.4, -0.2) is 22.9 Å². The molecule has 0 unspecified atom stereocenters. The zero-order valence-electron chi connectivity index (χ0n) is 11.9. The minimum absolute atomic E-state index is 0.158. The molecule has 2 N–H and O–H groups in total. The Hall–Kier alpha value is -2.43. The van der Waals surface area contributed by atoms with Gasteiger partial charge in [-0.05, 0) is 37.1 Å². The summed E-state index contributed by atoms with van der Waals surface area (Å²) in [6.45, 7) is 3.94. The smallest absolute Gasteiger partial charge is 0.255 e. The van der Waals surface area contributed by atoms with Crippen LogP contribution in [0.15, 0.2) is 30.6 Å². The lowest BCUT2D eigenvalue weighted by Gasteiger charge is -2.10. The van der Waals surface area contributed by atoms with Gasteiger partial charge in [0.15, 0.2) is 0 Å². The van der Waals surface area contributed by atoms with Crippen LogP contribution in [0.2, 0.25) is 0 Å². The Morgan fingerprint density at radius 2 is 2.15 bits per heavy atom. The van der Waals surface area contributed by atoms with E-state index in [-0.39, 0.29) is 5.91 Å². The molecule has 0 saturated heterocycles. The lowest BCUT2D eigenvalue weighted by atomic mass is 10.1. The molecule has 5 heteroatoms. The summed E-state index contributed by atoms with van der Waals surface area (Å²) in [6, 6.07) is 5.40. The molecule has 0 spiro atoms. The predicted octanol–water partition coefficient (Wildman–Crippen LogP) is 2.64. The first-order chi connectivity index (χ1) is 9.63. The molecular weight excluding hydrogens is 252 g/mol. The molecule has 2 aromatic rings. The maximum Gasteiger partial charge on any atom is 0.255 e. The maximum atomic E-state index is 12.3. The standard InChI is InChI=1S/C15H18N4O/c1-4-12-7-11(8-14(16-3)18-12)15(20)19-13-9-17-6-5-10(13)2/h5-9H,4H2,1-3H3,(H,16,18)(H,19,20). The van der Waals surface area contributed by atoms with Crippen LogP contribution in [0.5, 0.6) is 0 Å². The number of hydrogen-bond donors (Lipinski definition) is 2. The van der Waals surface area contributed by atoms with Gasteiger partial charge in [0.25, 0.3) is 5.91 Å². The van der Waals surface area contributed by atoms with Crippen LogP contribution in [0, 0.1) is 6.92 Å². The van der Waals surface area contributed by atoms with Crippen LogP contribution in [0.3, 0.4) is 0 Å². The van der Waals surface area contributed by atoms with E-state index in [1.165, 1.54) is 0 Å². The molecule has 2 rings (SSSR count). The number of aryl methyl sites for hydroxylation is 2.